The molecule has 1 saturated carbocycles. The summed E-state index contributed by atoms with van der Waals surface area (Å²) in [5.41, 5.74) is 1.16. The Labute approximate surface area is 110 Å². The van der Waals surface area contributed by atoms with Gasteiger partial charge in [0.25, 0.3) is 0 Å². The molecule has 1 aromatic heterocycles. The van der Waals surface area contributed by atoms with Crippen molar-refractivity contribution < 1.29 is 4.74 Å². The first-order valence-corrected chi connectivity index (χ1v) is 7.11. The minimum Gasteiger partial charge on any atom is -0.474 e. The molecule has 1 fully saturated rings. The Morgan fingerprint density at radius 1 is 1.44 bits per heavy atom. The lowest BCUT2D eigenvalue weighted by Gasteiger charge is -2.27. The topological polar surface area (TPSA) is 34.2 Å². The highest BCUT2D eigenvalue weighted by molar-refractivity contribution is 5.25. The summed E-state index contributed by atoms with van der Waals surface area (Å²) in [5.74, 6) is 1.60. The number of hydrogen-bond donors (Lipinski definition) is 1. The van der Waals surface area contributed by atoms with Crippen LogP contribution in [0.15, 0.2) is 18.3 Å². The summed E-state index contributed by atoms with van der Waals surface area (Å²) < 4.78 is 6.10. The molecule has 3 nitrogen and oxygen atoms in total. The van der Waals surface area contributed by atoms with Gasteiger partial charge in [-0.05, 0) is 37.8 Å². The fourth-order valence-corrected chi connectivity index (χ4v) is 2.57. The van der Waals surface area contributed by atoms with Crippen molar-refractivity contribution in [1.82, 2.24) is 10.3 Å². The summed E-state index contributed by atoms with van der Waals surface area (Å²) in [7, 11) is 0. The maximum absolute atomic E-state index is 6.10. The number of nitrogens with one attached hydrogen (secondary N) is 1. The smallest absolute Gasteiger partial charge is 0.218 e. The van der Waals surface area contributed by atoms with Crippen LogP contribution >= 0.6 is 0 Å². The van der Waals surface area contributed by atoms with Gasteiger partial charge in [0.05, 0.1) is 0 Å². The Morgan fingerprint density at radius 2 is 2.33 bits per heavy atom. The zero-order valence-corrected chi connectivity index (χ0v) is 11.5. The fourth-order valence-electron chi connectivity index (χ4n) is 2.57. The number of nitrogens with zero attached hydrogens (tertiary/aromatic N) is 1. The lowest BCUT2D eigenvalue weighted by atomic mass is 9.89. The van der Waals surface area contributed by atoms with Gasteiger partial charge in [0.1, 0.15) is 6.10 Å². The Hall–Kier alpha value is -1.09. The van der Waals surface area contributed by atoms with E-state index in [2.05, 4.69) is 30.2 Å². The first-order valence-electron chi connectivity index (χ1n) is 7.11. The van der Waals surface area contributed by atoms with Crippen molar-refractivity contribution in [3.05, 3.63) is 23.9 Å². The molecule has 18 heavy (non-hydrogen) atoms. The van der Waals surface area contributed by atoms with Crippen LogP contribution in [0.2, 0.25) is 0 Å². The molecule has 2 unspecified atom stereocenters. The van der Waals surface area contributed by atoms with E-state index in [1.807, 2.05) is 12.3 Å². The van der Waals surface area contributed by atoms with Crippen LogP contribution in [0.3, 0.4) is 0 Å². The molecule has 3 heteroatoms. The number of ether oxygens (including phenoxy) is 1. The van der Waals surface area contributed by atoms with Crippen LogP contribution in [0.4, 0.5) is 0 Å². The summed E-state index contributed by atoms with van der Waals surface area (Å²) in [6, 6.07) is 4.07. The van der Waals surface area contributed by atoms with E-state index in [1.54, 1.807) is 0 Å². The normalized spacial score (nSPS) is 23.9. The molecule has 1 N–H and O–H groups in total. The second kappa shape index (κ2) is 6.74. The maximum Gasteiger partial charge on any atom is 0.218 e. The van der Waals surface area contributed by atoms with E-state index >= 15 is 0 Å². The molecule has 2 atom stereocenters. The van der Waals surface area contributed by atoms with Crippen molar-refractivity contribution in [3.8, 4) is 5.88 Å². The van der Waals surface area contributed by atoms with Gasteiger partial charge in [0.2, 0.25) is 5.88 Å². The average Bonchev–Trinajstić information content (AvgIpc) is 2.38. The standard InChI is InChI=1S/C15H24N2O/c1-3-16-11-13-7-5-9-17-15(13)18-14-8-4-6-12(2)10-14/h5,7,9,12,14,16H,3-4,6,8,10-11H2,1-2H3. The van der Waals surface area contributed by atoms with Crippen LogP contribution in [0, 0.1) is 5.92 Å². The third-order valence-corrected chi connectivity index (χ3v) is 3.58. The zero-order chi connectivity index (χ0) is 12.8. The minimum atomic E-state index is 0.351. The molecule has 1 aromatic rings. The third-order valence-electron chi connectivity index (χ3n) is 3.58. The Balaban J connectivity index is 1.99. The van der Waals surface area contributed by atoms with E-state index in [-0.39, 0.29) is 0 Å². The van der Waals surface area contributed by atoms with Gasteiger partial charge in [0.15, 0.2) is 0 Å². The van der Waals surface area contributed by atoms with Crippen LogP contribution in [0.5, 0.6) is 5.88 Å². The van der Waals surface area contributed by atoms with E-state index < -0.39 is 0 Å². The molecule has 0 spiro atoms. The summed E-state index contributed by atoms with van der Waals surface area (Å²) in [5, 5.41) is 3.33. The van der Waals surface area contributed by atoms with Crippen molar-refractivity contribution in [2.24, 2.45) is 5.92 Å². The first-order chi connectivity index (χ1) is 8.79. The van der Waals surface area contributed by atoms with Crippen molar-refractivity contribution in [1.29, 1.82) is 0 Å². The number of pyridine rings is 1. The van der Waals surface area contributed by atoms with Gasteiger partial charge in [0, 0.05) is 18.3 Å². The van der Waals surface area contributed by atoms with Gasteiger partial charge in [-0.15, -0.1) is 0 Å². The van der Waals surface area contributed by atoms with Gasteiger partial charge in [-0.1, -0.05) is 26.3 Å². The van der Waals surface area contributed by atoms with Crippen molar-refractivity contribution >= 4 is 0 Å². The van der Waals surface area contributed by atoms with Crippen LogP contribution in [0.1, 0.15) is 45.1 Å². The van der Waals surface area contributed by atoms with Crippen molar-refractivity contribution in [3.63, 3.8) is 0 Å². The van der Waals surface area contributed by atoms with E-state index in [0.717, 1.165) is 36.9 Å². The highest BCUT2D eigenvalue weighted by Crippen LogP contribution is 2.27. The molecule has 1 aliphatic carbocycles. The van der Waals surface area contributed by atoms with Crippen molar-refractivity contribution in [2.45, 2.75) is 52.2 Å². The second-order valence-corrected chi connectivity index (χ2v) is 5.26. The molecule has 1 aliphatic rings. The second-order valence-electron chi connectivity index (χ2n) is 5.26. The zero-order valence-electron chi connectivity index (χ0n) is 11.5. The Morgan fingerprint density at radius 3 is 3.11 bits per heavy atom. The molecule has 0 bridgehead atoms. The lowest BCUT2D eigenvalue weighted by molar-refractivity contribution is 0.122. The summed E-state index contributed by atoms with van der Waals surface area (Å²) in [6.45, 7) is 6.23. The summed E-state index contributed by atoms with van der Waals surface area (Å²) in [6.07, 6.45) is 7.12. The molecule has 0 amide bonds. The Kier molecular flexibility index (Phi) is 5.00. The molecule has 0 aliphatic heterocycles. The quantitative estimate of drug-likeness (QED) is 0.869. The summed E-state index contributed by atoms with van der Waals surface area (Å²) in [4.78, 5) is 4.39. The first kappa shape index (κ1) is 13.3. The van der Waals surface area contributed by atoms with Crippen LogP contribution < -0.4 is 10.1 Å². The summed E-state index contributed by atoms with van der Waals surface area (Å²) >= 11 is 0. The molecular weight excluding hydrogens is 224 g/mol. The number of hydrogen-bond acceptors (Lipinski definition) is 3. The molecule has 0 radical (unpaired) electrons. The van der Waals surface area contributed by atoms with Crippen molar-refractivity contribution in [2.75, 3.05) is 6.54 Å². The Bertz CT molecular complexity index is 367. The van der Waals surface area contributed by atoms with Gasteiger partial charge in [-0.2, -0.15) is 0 Å². The van der Waals surface area contributed by atoms with Crippen LogP contribution in [0.25, 0.3) is 0 Å². The maximum atomic E-state index is 6.10. The number of aromatic nitrogens is 1. The van der Waals surface area contributed by atoms with Gasteiger partial charge < -0.3 is 10.1 Å². The van der Waals surface area contributed by atoms with Crippen LogP contribution in [-0.4, -0.2) is 17.6 Å². The molecule has 0 saturated heterocycles. The van der Waals surface area contributed by atoms with Gasteiger partial charge in [-0.25, -0.2) is 4.98 Å². The molecule has 100 valence electrons. The predicted molar refractivity (Wildman–Crippen MR) is 73.7 cm³/mol. The van der Waals surface area contributed by atoms with Gasteiger partial charge in [-0.3, -0.25) is 0 Å². The van der Waals surface area contributed by atoms with Crippen LogP contribution in [-0.2, 0) is 6.54 Å². The lowest BCUT2D eigenvalue weighted by Crippen LogP contribution is -2.25. The van der Waals surface area contributed by atoms with Gasteiger partial charge >= 0.3 is 0 Å². The molecule has 1 heterocycles. The monoisotopic (exact) mass is 248 g/mol. The average molecular weight is 248 g/mol. The molecule has 0 aromatic carbocycles. The molecule has 2 rings (SSSR count). The van der Waals surface area contributed by atoms with E-state index in [9.17, 15) is 0 Å². The fraction of sp³-hybridized carbons (Fsp3) is 0.667. The highest BCUT2D eigenvalue weighted by Gasteiger charge is 2.21. The number of rotatable bonds is 5. The molecular formula is C15H24N2O. The van der Waals surface area contributed by atoms with E-state index in [4.69, 9.17) is 4.74 Å². The SMILES string of the molecule is CCNCc1cccnc1OC1CCCC(C)C1. The minimum absolute atomic E-state index is 0.351. The van der Waals surface area contributed by atoms with E-state index in [1.165, 1.54) is 19.3 Å². The predicted octanol–water partition coefficient (Wildman–Crippen LogP) is 3.15. The van der Waals surface area contributed by atoms with E-state index in [0.29, 0.717) is 6.10 Å². The third kappa shape index (κ3) is 3.70. The highest BCUT2D eigenvalue weighted by atomic mass is 16.5. The largest absolute Gasteiger partial charge is 0.474 e.